The highest BCUT2D eigenvalue weighted by Gasteiger charge is 2.14. The first-order chi connectivity index (χ1) is 6.06. The summed E-state index contributed by atoms with van der Waals surface area (Å²) in [5.41, 5.74) is 5.20. The molecule has 2 N–H and O–H groups in total. The topological polar surface area (TPSA) is 26.0 Å². The highest BCUT2D eigenvalue weighted by molar-refractivity contribution is 6.30. The first-order valence-electron chi connectivity index (χ1n) is 3.59. The van der Waals surface area contributed by atoms with Crippen molar-refractivity contribution in [3.05, 3.63) is 47.0 Å². The van der Waals surface area contributed by atoms with Crippen molar-refractivity contribution in [2.45, 2.75) is 6.04 Å². The van der Waals surface area contributed by atoms with Crippen molar-refractivity contribution in [2.24, 2.45) is 5.73 Å². The van der Waals surface area contributed by atoms with E-state index in [4.69, 9.17) is 17.3 Å². The molecular formula is C9H8ClF2N. The van der Waals surface area contributed by atoms with E-state index in [1.807, 2.05) is 0 Å². The molecule has 0 radical (unpaired) electrons. The molecule has 0 fully saturated rings. The van der Waals surface area contributed by atoms with E-state index >= 15 is 0 Å². The van der Waals surface area contributed by atoms with Crippen molar-refractivity contribution >= 4 is 11.6 Å². The fourth-order valence-corrected chi connectivity index (χ4v) is 1.18. The molecule has 0 unspecified atom stereocenters. The molecule has 70 valence electrons. The van der Waals surface area contributed by atoms with E-state index in [0.717, 1.165) is 12.1 Å². The van der Waals surface area contributed by atoms with Crippen LogP contribution in [0.4, 0.5) is 8.78 Å². The minimum absolute atomic E-state index is 0.00927. The second-order valence-electron chi connectivity index (χ2n) is 2.54. The molecule has 0 heterocycles. The van der Waals surface area contributed by atoms with Gasteiger partial charge in [-0.25, -0.2) is 8.78 Å². The number of benzene rings is 1. The monoisotopic (exact) mass is 203 g/mol. The van der Waals surface area contributed by atoms with Gasteiger partial charge in [0, 0.05) is 10.6 Å². The Bertz CT molecular complexity index is 315. The molecule has 0 saturated carbocycles. The Morgan fingerprint density at radius 3 is 2.23 bits per heavy atom. The molecule has 0 aliphatic carbocycles. The van der Waals surface area contributed by atoms with Crippen molar-refractivity contribution < 1.29 is 8.78 Å². The maximum Gasteiger partial charge on any atom is 0.132 e. The molecule has 13 heavy (non-hydrogen) atoms. The number of hydrogen-bond acceptors (Lipinski definition) is 1. The third-order valence-electron chi connectivity index (χ3n) is 1.63. The van der Waals surface area contributed by atoms with E-state index < -0.39 is 17.7 Å². The lowest BCUT2D eigenvalue weighted by Crippen LogP contribution is -2.11. The van der Waals surface area contributed by atoms with Gasteiger partial charge in [-0.05, 0) is 12.1 Å². The van der Waals surface area contributed by atoms with Gasteiger partial charge in [0.15, 0.2) is 0 Å². The van der Waals surface area contributed by atoms with Crippen molar-refractivity contribution in [3.63, 3.8) is 0 Å². The molecule has 4 heteroatoms. The molecule has 0 amide bonds. The average molecular weight is 204 g/mol. The van der Waals surface area contributed by atoms with Gasteiger partial charge in [-0.15, -0.1) is 6.58 Å². The molecule has 0 aliphatic rings. The highest BCUT2D eigenvalue weighted by Crippen LogP contribution is 2.23. The Hall–Kier alpha value is -0.930. The zero-order chi connectivity index (χ0) is 10.0. The normalized spacial score (nSPS) is 12.6. The van der Waals surface area contributed by atoms with Crippen LogP contribution in [0.15, 0.2) is 24.8 Å². The summed E-state index contributed by atoms with van der Waals surface area (Å²) in [6.45, 7) is 3.35. The minimum Gasteiger partial charge on any atom is -0.321 e. The van der Waals surface area contributed by atoms with E-state index in [-0.39, 0.29) is 10.6 Å². The number of halogens is 3. The molecule has 1 rings (SSSR count). The molecule has 0 aromatic heterocycles. The lowest BCUT2D eigenvalue weighted by atomic mass is 10.1. The highest BCUT2D eigenvalue weighted by atomic mass is 35.5. The summed E-state index contributed by atoms with van der Waals surface area (Å²) in [4.78, 5) is 0. The summed E-state index contributed by atoms with van der Waals surface area (Å²) in [5.74, 6) is -1.50. The van der Waals surface area contributed by atoms with E-state index in [1.165, 1.54) is 6.08 Å². The predicted molar refractivity (Wildman–Crippen MR) is 48.5 cm³/mol. The Morgan fingerprint density at radius 1 is 1.38 bits per heavy atom. The lowest BCUT2D eigenvalue weighted by Gasteiger charge is -2.09. The fourth-order valence-electron chi connectivity index (χ4n) is 0.990. The van der Waals surface area contributed by atoms with Crippen molar-refractivity contribution in [2.75, 3.05) is 0 Å². The fraction of sp³-hybridized carbons (Fsp3) is 0.111. The standard InChI is InChI=1S/C9H8ClF2N/c1-2-8(13)9-6(11)3-5(10)4-7(9)12/h2-4,8H,1,13H2/t8-/m1/s1. The Morgan fingerprint density at radius 2 is 1.85 bits per heavy atom. The van der Waals surface area contributed by atoms with Crippen LogP contribution in [-0.2, 0) is 0 Å². The second-order valence-corrected chi connectivity index (χ2v) is 2.98. The summed E-state index contributed by atoms with van der Waals surface area (Å²) < 4.78 is 26.2. The van der Waals surface area contributed by atoms with Crippen molar-refractivity contribution in [1.82, 2.24) is 0 Å². The third-order valence-corrected chi connectivity index (χ3v) is 1.85. The zero-order valence-electron chi connectivity index (χ0n) is 6.73. The van der Waals surface area contributed by atoms with Crippen molar-refractivity contribution in [3.8, 4) is 0 Å². The van der Waals surface area contributed by atoms with E-state index in [2.05, 4.69) is 6.58 Å². The van der Waals surface area contributed by atoms with Gasteiger partial charge in [0.2, 0.25) is 0 Å². The van der Waals surface area contributed by atoms with Crippen LogP contribution in [0.5, 0.6) is 0 Å². The largest absolute Gasteiger partial charge is 0.321 e. The first kappa shape index (κ1) is 10.2. The quantitative estimate of drug-likeness (QED) is 0.735. The average Bonchev–Trinajstić information content (AvgIpc) is 2.02. The Balaban J connectivity index is 3.28. The van der Waals surface area contributed by atoms with Crippen molar-refractivity contribution in [1.29, 1.82) is 0 Å². The van der Waals surface area contributed by atoms with Crippen LogP contribution in [0.25, 0.3) is 0 Å². The molecule has 0 bridgehead atoms. The van der Waals surface area contributed by atoms with Gasteiger partial charge >= 0.3 is 0 Å². The number of nitrogens with two attached hydrogens (primary N) is 1. The molecule has 1 aromatic carbocycles. The van der Waals surface area contributed by atoms with Crippen LogP contribution in [0.2, 0.25) is 5.02 Å². The van der Waals surface area contributed by atoms with Gasteiger partial charge in [-0.3, -0.25) is 0 Å². The van der Waals surface area contributed by atoms with Gasteiger partial charge < -0.3 is 5.73 Å². The lowest BCUT2D eigenvalue weighted by molar-refractivity contribution is 0.546. The van der Waals surface area contributed by atoms with Gasteiger partial charge in [0.1, 0.15) is 11.6 Å². The van der Waals surface area contributed by atoms with Crippen LogP contribution in [0.3, 0.4) is 0 Å². The summed E-state index contributed by atoms with van der Waals surface area (Å²) in [5, 5.41) is 0.00927. The SMILES string of the molecule is C=C[C@@H](N)c1c(F)cc(Cl)cc1F. The maximum absolute atomic E-state index is 13.1. The van der Waals surface area contributed by atoms with Crippen LogP contribution < -0.4 is 5.73 Å². The van der Waals surface area contributed by atoms with E-state index in [9.17, 15) is 8.78 Å². The molecule has 1 aromatic rings. The van der Waals surface area contributed by atoms with Gasteiger partial charge in [-0.2, -0.15) is 0 Å². The van der Waals surface area contributed by atoms with Crippen LogP contribution >= 0.6 is 11.6 Å². The third kappa shape index (κ3) is 2.05. The number of hydrogen-bond donors (Lipinski definition) is 1. The summed E-state index contributed by atoms with van der Waals surface area (Å²) in [7, 11) is 0. The Kier molecular flexibility index (Phi) is 3.01. The van der Waals surface area contributed by atoms with Crippen LogP contribution in [0.1, 0.15) is 11.6 Å². The molecule has 0 saturated heterocycles. The summed E-state index contributed by atoms with van der Waals surface area (Å²) >= 11 is 5.42. The van der Waals surface area contributed by atoms with Gasteiger partial charge in [0.05, 0.1) is 6.04 Å². The van der Waals surface area contributed by atoms with Gasteiger partial charge in [0.25, 0.3) is 0 Å². The summed E-state index contributed by atoms with van der Waals surface area (Å²) in [6, 6.07) is 1.18. The molecule has 0 aliphatic heterocycles. The zero-order valence-corrected chi connectivity index (χ0v) is 7.48. The molecular weight excluding hydrogens is 196 g/mol. The molecule has 0 spiro atoms. The van der Waals surface area contributed by atoms with E-state index in [0.29, 0.717) is 0 Å². The minimum atomic E-state index is -0.850. The van der Waals surface area contributed by atoms with Crippen LogP contribution in [-0.4, -0.2) is 0 Å². The summed E-state index contributed by atoms with van der Waals surface area (Å²) in [6.07, 6.45) is 1.26. The predicted octanol–water partition coefficient (Wildman–Crippen LogP) is 2.80. The Labute approximate surface area is 79.8 Å². The first-order valence-corrected chi connectivity index (χ1v) is 3.96. The molecule has 1 atom stereocenters. The smallest absolute Gasteiger partial charge is 0.132 e. The number of rotatable bonds is 2. The second kappa shape index (κ2) is 3.85. The van der Waals surface area contributed by atoms with E-state index in [1.54, 1.807) is 0 Å². The van der Waals surface area contributed by atoms with Gasteiger partial charge in [-0.1, -0.05) is 17.7 Å². The van der Waals surface area contributed by atoms with Crippen LogP contribution in [0, 0.1) is 11.6 Å². The molecule has 1 nitrogen and oxygen atoms in total. The maximum atomic E-state index is 13.1.